The maximum Gasteiger partial charge on any atom is 0.134 e. The maximum absolute atomic E-state index is 6.38. The lowest BCUT2D eigenvalue weighted by atomic mass is 9.94. The van der Waals surface area contributed by atoms with Gasteiger partial charge in [0, 0.05) is 36.6 Å². The topological polar surface area (TPSA) is 28.2 Å². The molecule has 2 aliphatic heterocycles. The van der Waals surface area contributed by atoms with Crippen LogP contribution in [-0.4, -0.2) is 35.6 Å². The lowest BCUT2D eigenvalue weighted by Crippen LogP contribution is -2.40. The third-order valence-electron chi connectivity index (χ3n) is 4.82. The maximum atomic E-state index is 6.38. The van der Waals surface area contributed by atoms with Crippen molar-refractivity contribution >= 4 is 22.5 Å². The van der Waals surface area contributed by atoms with Crippen LogP contribution >= 0.6 is 11.6 Å². The van der Waals surface area contributed by atoms with Gasteiger partial charge < -0.3 is 5.32 Å². The normalized spacial score (nSPS) is 26.1. The third-order valence-corrected chi connectivity index (χ3v) is 5.15. The van der Waals surface area contributed by atoms with Crippen LogP contribution in [0, 0.1) is 5.92 Å². The van der Waals surface area contributed by atoms with Crippen LogP contribution in [0.5, 0.6) is 0 Å². The zero-order valence-electron chi connectivity index (χ0n) is 12.1. The summed E-state index contributed by atoms with van der Waals surface area (Å²) in [5, 5.41) is 5.47. The van der Waals surface area contributed by atoms with Crippen LogP contribution in [0.1, 0.15) is 18.4 Å². The molecule has 0 bridgehead atoms. The number of halogens is 1. The summed E-state index contributed by atoms with van der Waals surface area (Å²) >= 11 is 6.38. The van der Waals surface area contributed by atoms with Crippen molar-refractivity contribution in [2.75, 3.05) is 19.6 Å². The number of rotatable bonds is 2. The van der Waals surface area contributed by atoms with Gasteiger partial charge in [-0.15, -0.1) is 0 Å². The first-order valence-corrected chi connectivity index (χ1v) is 8.17. The second kappa shape index (κ2) is 5.56. The highest BCUT2D eigenvalue weighted by Crippen LogP contribution is 2.28. The Morgan fingerprint density at radius 3 is 3.10 bits per heavy atom. The smallest absolute Gasteiger partial charge is 0.134 e. The lowest BCUT2D eigenvalue weighted by Gasteiger charge is -2.24. The SMILES string of the molecule is Clc1nc2ccccc2cc1CN1CC2CCCNC2C1. The quantitative estimate of drug-likeness (QED) is 0.864. The van der Waals surface area contributed by atoms with Gasteiger partial charge in [0.25, 0.3) is 0 Å². The number of likely N-dealkylation sites (tertiary alicyclic amines) is 1. The monoisotopic (exact) mass is 301 g/mol. The molecule has 0 amide bonds. The van der Waals surface area contributed by atoms with Gasteiger partial charge in [-0.05, 0) is 37.4 Å². The first-order valence-electron chi connectivity index (χ1n) is 7.79. The molecule has 110 valence electrons. The van der Waals surface area contributed by atoms with Gasteiger partial charge >= 0.3 is 0 Å². The molecule has 2 aromatic rings. The molecule has 2 fully saturated rings. The Labute approximate surface area is 130 Å². The summed E-state index contributed by atoms with van der Waals surface area (Å²) in [5.41, 5.74) is 2.12. The molecular formula is C17H20ClN3. The molecule has 1 N–H and O–H groups in total. The molecule has 0 saturated carbocycles. The van der Waals surface area contributed by atoms with Crippen LogP contribution in [0.15, 0.2) is 30.3 Å². The van der Waals surface area contributed by atoms with Gasteiger partial charge in [0.1, 0.15) is 5.15 Å². The highest BCUT2D eigenvalue weighted by atomic mass is 35.5. The van der Waals surface area contributed by atoms with Gasteiger partial charge in [-0.3, -0.25) is 4.90 Å². The van der Waals surface area contributed by atoms with Crippen molar-refractivity contribution in [2.45, 2.75) is 25.4 Å². The predicted molar refractivity (Wildman–Crippen MR) is 86.5 cm³/mol. The van der Waals surface area contributed by atoms with E-state index < -0.39 is 0 Å². The number of nitrogens with zero attached hydrogens (tertiary/aromatic N) is 2. The summed E-state index contributed by atoms with van der Waals surface area (Å²) in [4.78, 5) is 7.05. The number of aromatic nitrogens is 1. The number of pyridine rings is 1. The zero-order chi connectivity index (χ0) is 14.2. The Hall–Kier alpha value is -1.16. The minimum absolute atomic E-state index is 0.650. The molecule has 1 aromatic heterocycles. The van der Waals surface area contributed by atoms with E-state index in [0.29, 0.717) is 11.2 Å². The number of hydrogen-bond acceptors (Lipinski definition) is 3. The van der Waals surface area contributed by atoms with Gasteiger partial charge in [0.05, 0.1) is 5.52 Å². The standard InChI is InChI=1S/C17H20ClN3/c18-17-14(8-12-4-1-2-6-15(12)20-17)10-21-9-13-5-3-7-19-16(13)11-21/h1-2,4,6,8,13,16,19H,3,5,7,9-11H2. The molecule has 2 aliphatic rings. The Balaban J connectivity index is 1.55. The van der Waals surface area contributed by atoms with Crippen molar-refractivity contribution in [1.29, 1.82) is 0 Å². The molecule has 3 heterocycles. The third kappa shape index (κ3) is 2.66. The van der Waals surface area contributed by atoms with Gasteiger partial charge in [-0.1, -0.05) is 29.8 Å². The van der Waals surface area contributed by atoms with E-state index in [0.717, 1.165) is 30.1 Å². The first kappa shape index (κ1) is 13.5. The highest BCUT2D eigenvalue weighted by molar-refractivity contribution is 6.30. The van der Waals surface area contributed by atoms with E-state index in [1.54, 1.807) is 0 Å². The number of benzene rings is 1. The summed E-state index contributed by atoms with van der Waals surface area (Å²) < 4.78 is 0. The Morgan fingerprint density at radius 2 is 2.19 bits per heavy atom. The van der Waals surface area contributed by atoms with Crippen molar-refractivity contribution < 1.29 is 0 Å². The van der Waals surface area contributed by atoms with E-state index in [-0.39, 0.29) is 0 Å². The fourth-order valence-electron chi connectivity index (χ4n) is 3.75. The Kier molecular flexibility index (Phi) is 3.57. The fourth-order valence-corrected chi connectivity index (χ4v) is 3.96. The number of fused-ring (bicyclic) bond motifs is 2. The van der Waals surface area contributed by atoms with E-state index in [9.17, 15) is 0 Å². The molecule has 0 radical (unpaired) electrons. The van der Waals surface area contributed by atoms with Crippen LogP contribution in [0.4, 0.5) is 0 Å². The molecule has 0 aliphatic carbocycles. The number of hydrogen-bond donors (Lipinski definition) is 1. The molecule has 0 spiro atoms. The van der Waals surface area contributed by atoms with E-state index in [4.69, 9.17) is 11.6 Å². The first-order chi connectivity index (χ1) is 10.3. The molecule has 2 unspecified atom stereocenters. The van der Waals surface area contributed by atoms with E-state index in [1.165, 1.54) is 31.3 Å². The van der Waals surface area contributed by atoms with Crippen LogP contribution in [-0.2, 0) is 6.54 Å². The van der Waals surface area contributed by atoms with Crippen molar-refractivity contribution in [3.05, 3.63) is 41.0 Å². The summed E-state index contributed by atoms with van der Waals surface area (Å²) in [6, 6.07) is 11.0. The molecule has 2 saturated heterocycles. The highest BCUT2D eigenvalue weighted by Gasteiger charge is 2.34. The summed E-state index contributed by atoms with van der Waals surface area (Å²) in [6.45, 7) is 4.40. The van der Waals surface area contributed by atoms with Crippen LogP contribution < -0.4 is 5.32 Å². The zero-order valence-corrected chi connectivity index (χ0v) is 12.8. The van der Waals surface area contributed by atoms with E-state index in [1.807, 2.05) is 12.1 Å². The molecule has 2 atom stereocenters. The van der Waals surface area contributed by atoms with Crippen molar-refractivity contribution in [3.8, 4) is 0 Å². The van der Waals surface area contributed by atoms with Crippen LogP contribution in [0.3, 0.4) is 0 Å². The van der Waals surface area contributed by atoms with Gasteiger partial charge in [0.15, 0.2) is 0 Å². The molecule has 4 heteroatoms. The van der Waals surface area contributed by atoms with Crippen molar-refractivity contribution in [1.82, 2.24) is 15.2 Å². The average molecular weight is 302 g/mol. The summed E-state index contributed by atoms with van der Waals surface area (Å²) in [7, 11) is 0. The predicted octanol–water partition coefficient (Wildman–Crippen LogP) is 3.07. The molecule has 3 nitrogen and oxygen atoms in total. The van der Waals surface area contributed by atoms with Crippen LogP contribution in [0.25, 0.3) is 10.9 Å². The summed E-state index contributed by atoms with van der Waals surface area (Å²) in [5.74, 6) is 0.811. The molecule has 4 rings (SSSR count). The lowest BCUT2D eigenvalue weighted by molar-refractivity contribution is 0.312. The van der Waals surface area contributed by atoms with Gasteiger partial charge in [0.2, 0.25) is 0 Å². The Bertz CT molecular complexity index is 644. The van der Waals surface area contributed by atoms with E-state index in [2.05, 4.69) is 33.4 Å². The molecule has 21 heavy (non-hydrogen) atoms. The number of nitrogens with one attached hydrogen (secondary N) is 1. The van der Waals surface area contributed by atoms with E-state index >= 15 is 0 Å². The second-order valence-corrected chi connectivity index (χ2v) is 6.65. The van der Waals surface area contributed by atoms with Crippen LogP contribution in [0.2, 0.25) is 5.15 Å². The summed E-state index contributed by atoms with van der Waals surface area (Å²) in [6.07, 6.45) is 2.67. The average Bonchev–Trinajstić information content (AvgIpc) is 2.90. The van der Waals surface area contributed by atoms with Crippen molar-refractivity contribution in [2.24, 2.45) is 5.92 Å². The van der Waals surface area contributed by atoms with Gasteiger partial charge in [-0.25, -0.2) is 4.98 Å². The minimum Gasteiger partial charge on any atom is -0.312 e. The Morgan fingerprint density at radius 1 is 1.29 bits per heavy atom. The largest absolute Gasteiger partial charge is 0.312 e. The molecule has 1 aromatic carbocycles. The van der Waals surface area contributed by atoms with Gasteiger partial charge in [-0.2, -0.15) is 0 Å². The molecular weight excluding hydrogens is 282 g/mol. The number of piperidine rings is 1. The van der Waals surface area contributed by atoms with Crippen molar-refractivity contribution in [3.63, 3.8) is 0 Å². The fraction of sp³-hybridized carbons (Fsp3) is 0.471. The minimum atomic E-state index is 0.650. The second-order valence-electron chi connectivity index (χ2n) is 6.29. The number of para-hydroxylation sites is 1.